The molecule has 1 N–H and O–H groups in total. The molecule has 29 heavy (non-hydrogen) atoms. The zero-order chi connectivity index (χ0) is 21.0. The van der Waals surface area contributed by atoms with Gasteiger partial charge in [-0.25, -0.2) is 0 Å². The largest absolute Gasteiger partial charge is 0.573 e. The number of carbonyl (C=O) groups is 1. The predicted octanol–water partition coefficient (Wildman–Crippen LogP) is 5.99. The first-order valence-electron chi connectivity index (χ1n) is 8.25. The lowest BCUT2D eigenvalue weighted by atomic mass is 10.1. The number of rotatable bonds is 5. The third-order valence-electron chi connectivity index (χ3n) is 3.84. The summed E-state index contributed by atoms with van der Waals surface area (Å²) >= 11 is 9.06. The second-order valence-electron chi connectivity index (χ2n) is 5.92. The number of alkyl halides is 3. The van der Waals surface area contributed by atoms with Gasteiger partial charge in [0.1, 0.15) is 5.75 Å². The van der Waals surface area contributed by atoms with Gasteiger partial charge in [-0.1, -0.05) is 45.7 Å². The van der Waals surface area contributed by atoms with Crippen LogP contribution in [0.5, 0.6) is 5.75 Å². The number of amides is 1. The van der Waals surface area contributed by atoms with E-state index in [0.29, 0.717) is 15.2 Å². The van der Waals surface area contributed by atoms with Crippen LogP contribution in [0.25, 0.3) is 11.3 Å². The van der Waals surface area contributed by atoms with Crippen molar-refractivity contribution in [2.75, 3.05) is 0 Å². The van der Waals surface area contributed by atoms with Crippen molar-refractivity contribution in [2.45, 2.75) is 12.9 Å². The number of benzene rings is 2. The predicted molar refractivity (Wildman–Crippen MR) is 107 cm³/mol. The number of hydrogen-bond donors (Lipinski definition) is 1. The minimum absolute atomic E-state index is 0.145. The lowest BCUT2D eigenvalue weighted by Gasteiger charge is -2.14. The maximum absolute atomic E-state index is 12.6. The van der Waals surface area contributed by atoms with Crippen LogP contribution < -0.4 is 10.1 Å². The average Bonchev–Trinajstić information content (AvgIpc) is 2.66. The van der Waals surface area contributed by atoms with Crippen molar-refractivity contribution in [3.05, 3.63) is 81.4 Å². The fourth-order valence-electron chi connectivity index (χ4n) is 2.52. The topological polar surface area (TPSA) is 51.2 Å². The van der Waals surface area contributed by atoms with Crippen molar-refractivity contribution >= 4 is 33.4 Å². The van der Waals surface area contributed by atoms with Gasteiger partial charge >= 0.3 is 6.36 Å². The van der Waals surface area contributed by atoms with Crippen LogP contribution in [0.3, 0.4) is 0 Å². The Morgan fingerprint density at radius 1 is 1.14 bits per heavy atom. The lowest BCUT2D eigenvalue weighted by molar-refractivity contribution is -0.274. The Morgan fingerprint density at radius 2 is 1.93 bits per heavy atom. The highest BCUT2D eigenvalue weighted by Gasteiger charge is 2.32. The maximum atomic E-state index is 12.6. The van der Waals surface area contributed by atoms with Crippen molar-refractivity contribution in [1.82, 2.24) is 10.3 Å². The number of nitrogens with zero attached hydrogens (tertiary/aromatic N) is 1. The van der Waals surface area contributed by atoms with E-state index in [9.17, 15) is 18.0 Å². The summed E-state index contributed by atoms with van der Waals surface area (Å²) < 4.78 is 42.2. The van der Waals surface area contributed by atoms with Gasteiger partial charge in [-0.05, 0) is 36.4 Å². The molecule has 4 nitrogen and oxygen atoms in total. The second kappa shape index (κ2) is 8.84. The summed E-state index contributed by atoms with van der Waals surface area (Å²) in [5.41, 5.74) is 1.89. The highest BCUT2D eigenvalue weighted by Crippen LogP contribution is 2.29. The molecule has 0 fully saturated rings. The van der Waals surface area contributed by atoms with Crippen molar-refractivity contribution in [1.29, 1.82) is 0 Å². The van der Waals surface area contributed by atoms with Crippen LogP contribution in [0.2, 0.25) is 5.02 Å². The molecule has 0 aliphatic rings. The molecule has 3 aromatic rings. The quantitative estimate of drug-likeness (QED) is 0.483. The fourth-order valence-corrected chi connectivity index (χ4v) is 3.05. The summed E-state index contributed by atoms with van der Waals surface area (Å²) in [5.74, 6) is -0.863. The van der Waals surface area contributed by atoms with Gasteiger partial charge in [-0.15, -0.1) is 13.2 Å². The third-order valence-corrected chi connectivity index (χ3v) is 4.57. The number of carbonyl (C=O) groups excluding carboxylic acids is 1. The molecule has 150 valence electrons. The van der Waals surface area contributed by atoms with Crippen LogP contribution in [0.1, 0.15) is 15.9 Å². The SMILES string of the molecule is O=C(NCc1ccc(Br)cc1OC(F)(F)F)c1ccc(-c2cccc(Cl)c2)nc1. The molecule has 3 rings (SSSR count). The Bertz CT molecular complexity index is 1030. The molecule has 0 saturated carbocycles. The number of hydrogen-bond acceptors (Lipinski definition) is 3. The molecule has 0 spiro atoms. The zero-order valence-electron chi connectivity index (χ0n) is 14.6. The van der Waals surface area contributed by atoms with E-state index in [1.807, 2.05) is 6.07 Å². The molecule has 0 aliphatic heterocycles. The second-order valence-corrected chi connectivity index (χ2v) is 7.28. The van der Waals surface area contributed by atoms with Gasteiger partial charge in [0.25, 0.3) is 5.91 Å². The highest BCUT2D eigenvalue weighted by molar-refractivity contribution is 9.10. The zero-order valence-corrected chi connectivity index (χ0v) is 17.0. The van der Waals surface area contributed by atoms with Crippen molar-refractivity contribution in [3.63, 3.8) is 0 Å². The highest BCUT2D eigenvalue weighted by atomic mass is 79.9. The first-order valence-corrected chi connectivity index (χ1v) is 9.43. The number of aromatic nitrogens is 1. The molecule has 0 unspecified atom stereocenters. The van der Waals surface area contributed by atoms with Crippen LogP contribution in [0, 0.1) is 0 Å². The Hall–Kier alpha value is -2.58. The average molecular weight is 486 g/mol. The molecular formula is C20H13BrClF3N2O2. The molecule has 0 atom stereocenters. The van der Waals surface area contributed by atoms with E-state index in [-0.39, 0.29) is 23.4 Å². The van der Waals surface area contributed by atoms with Crippen molar-refractivity contribution in [2.24, 2.45) is 0 Å². The van der Waals surface area contributed by atoms with Crippen molar-refractivity contribution < 1.29 is 22.7 Å². The molecule has 1 heterocycles. The normalized spacial score (nSPS) is 11.2. The van der Waals surface area contributed by atoms with Gasteiger partial charge in [-0.3, -0.25) is 9.78 Å². The summed E-state index contributed by atoms with van der Waals surface area (Å²) in [4.78, 5) is 16.6. The van der Waals surface area contributed by atoms with Gasteiger partial charge in [-0.2, -0.15) is 0 Å². The van der Waals surface area contributed by atoms with Gasteiger partial charge in [0.15, 0.2) is 0 Å². The Labute approximate surface area is 177 Å². The van der Waals surface area contributed by atoms with Crippen LogP contribution >= 0.6 is 27.5 Å². The minimum Gasteiger partial charge on any atom is -0.405 e. The van der Waals surface area contributed by atoms with Crippen LogP contribution in [0.15, 0.2) is 65.3 Å². The van der Waals surface area contributed by atoms with E-state index in [2.05, 4.69) is 31.0 Å². The molecule has 1 aromatic heterocycles. The van der Waals surface area contributed by atoms with Crippen LogP contribution in [-0.2, 0) is 6.54 Å². The number of pyridine rings is 1. The molecule has 2 aromatic carbocycles. The molecule has 0 saturated heterocycles. The van der Waals surface area contributed by atoms with Gasteiger partial charge in [0.2, 0.25) is 0 Å². The summed E-state index contributed by atoms with van der Waals surface area (Å²) in [6, 6.07) is 14.5. The van der Waals surface area contributed by atoms with Gasteiger partial charge in [0.05, 0.1) is 11.3 Å². The summed E-state index contributed by atoms with van der Waals surface area (Å²) in [7, 11) is 0. The van der Waals surface area contributed by atoms with E-state index in [1.54, 1.807) is 36.4 Å². The number of nitrogens with one attached hydrogen (secondary N) is 1. The third kappa shape index (κ3) is 5.95. The molecular weight excluding hydrogens is 473 g/mol. The van der Waals surface area contributed by atoms with Crippen molar-refractivity contribution in [3.8, 4) is 17.0 Å². The van der Waals surface area contributed by atoms with E-state index in [0.717, 1.165) is 5.56 Å². The fraction of sp³-hybridized carbons (Fsp3) is 0.100. The molecule has 0 radical (unpaired) electrons. The summed E-state index contributed by atoms with van der Waals surface area (Å²) in [6.45, 7) is -0.145. The van der Waals surface area contributed by atoms with Crippen LogP contribution in [0.4, 0.5) is 13.2 Å². The van der Waals surface area contributed by atoms with E-state index >= 15 is 0 Å². The smallest absolute Gasteiger partial charge is 0.405 e. The first kappa shape index (κ1) is 21.1. The maximum Gasteiger partial charge on any atom is 0.573 e. The lowest BCUT2D eigenvalue weighted by Crippen LogP contribution is -2.24. The molecule has 0 aliphatic carbocycles. The summed E-state index contributed by atoms with van der Waals surface area (Å²) in [6.07, 6.45) is -3.44. The standard InChI is InChI=1S/C20H13BrClF3N2O2/c21-15-6-4-13(18(9-15)29-20(23,24)25)10-27-19(28)14-5-7-17(26-11-14)12-2-1-3-16(22)8-12/h1-9,11H,10H2,(H,27,28). The Balaban J connectivity index is 1.70. The minimum atomic E-state index is -4.83. The Kier molecular flexibility index (Phi) is 6.44. The van der Waals surface area contributed by atoms with E-state index < -0.39 is 12.3 Å². The molecule has 9 heteroatoms. The molecule has 1 amide bonds. The van der Waals surface area contributed by atoms with E-state index in [4.69, 9.17) is 11.6 Å². The number of ether oxygens (including phenoxy) is 1. The first-order chi connectivity index (χ1) is 13.7. The molecule has 0 bridgehead atoms. The van der Waals surface area contributed by atoms with E-state index in [1.165, 1.54) is 18.3 Å². The van der Waals surface area contributed by atoms with Gasteiger partial charge < -0.3 is 10.1 Å². The monoisotopic (exact) mass is 484 g/mol. The Morgan fingerprint density at radius 3 is 2.59 bits per heavy atom. The summed E-state index contributed by atoms with van der Waals surface area (Å²) in [5, 5.41) is 3.13. The van der Waals surface area contributed by atoms with Crippen LogP contribution in [-0.4, -0.2) is 17.3 Å². The van der Waals surface area contributed by atoms with Gasteiger partial charge in [0, 0.05) is 33.4 Å². The number of halogens is 5.